The van der Waals surface area contributed by atoms with Crippen LogP contribution in [0.25, 0.3) is 0 Å². The van der Waals surface area contributed by atoms with Crippen LogP contribution in [0.2, 0.25) is 0 Å². The van der Waals surface area contributed by atoms with E-state index in [9.17, 15) is 5.11 Å². The average molecular weight is 383 g/mol. The molecule has 0 radical (unpaired) electrons. The van der Waals surface area contributed by atoms with Crippen molar-refractivity contribution in [3.8, 4) is 11.5 Å². The zero-order valence-corrected chi connectivity index (χ0v) is 17.1. The number of fused-ring (bicyclic) bond motifs is 1. The lowest BCUT2D eigenvalue weighted by atomic mass is 10.0. The Labute approximate surface area is 167 Å². The number of para-hydroxylation sites is 1. The van der Waals surface area contributed by atoms with Gasteiger partial charge in [0.2, 0.25) is 0 Å². The summed E-state index contributed by atoms with van der Waals surface area (Å²) < 4.78 is 5.25. The summed E-state index contributed by atoms with van der Waals surface area (Å²) in [4.78, 5) is 14.7. The van der Waals surface area contributed by atoms with Crippen molar-refractivity contribution in [2.75, 3.05) is 31.6 Å². The molecule has 0 aliphatic carbocycles. The normalized spacial score (nSPS) is 17.2. The van der Waals surface area contributed by atoms with Gasteiger partial charge in [-0.1, -0.05) is 26.0 Å². The molecule has 0 unspecified atom stereocenters. The van der Waals surface area contributed by atoms with Crippen molar-refractivity contribution in [3.05, 3.63) is 40.8 Å². The summed E-state index contributed by atoms with van der Waals surface area (Å²) in [6.07, 6.45) is 3.44. The van der Waals surface area contributed by atoms with Crippen LogP contribution in [0.3, 0.4) is 0 Å². The van der Waals surface area contributed by atoms with Crippen LogP contribution in [0.5, 0.6) is 11.5 Å². The maximum atomic E-state index is 10.4. The van der Waals surface area contributed by atoms with Gasteiger partial charge in [0.05, 0.1) is 12.8 Å². The molecule has 150 valence electrons. The number of phenols is 1. The molecule has 4 rings (SSSR count). The molecule has 1 N–H and O–H groups in total. The van der Waals surface area contributed by atoms with Gasteiger partial charge >= 0.3 is 0 Å². The minimum atomic E-state index is 0.235. The van der Waals surface area contributed by atoms with Crippen molar-refractivity contribution in [2.24, 2.45) is 0 Å². The monoisotopic (exact) mass is 382 g/mol. The van der Waals surface area contributed by atoms with E-state index in [2.05, 4.69) is 23.6 Å². The fraction of sp³-hybridized carbons (Fsp3) is 0.545. The number of aromatic nitrogens is 2. The number of phenolic OH excluding ortho intramolecular Hbond substituents is 1. The first kappa shape index (κ1) is 19.0. The Morgan fingerprint density at radius 1 is 1.14 bits per heavy atom. The first-order valence-electron chi connectivity index (χ1n) is 10.3. The van der Waals surface area contributed by atoms with E-state index in [1.165, 1.54) is 18.4 Å². The number of hydrogen-bond donors (Lipinski definition) is 1. The van der Waals surface area contributed by atoms with Crippen LogP contribution in [-0.4, -0.2) is 46.7 Å². The van der Waals surface area contributed by atoms with Gasteiger partial charge in [-0.15, -0.1) is 0 Å². The molecule has 2 aromatic rings. The Morgan fingerprint density at radius 2 is 1.93 bits per heavy atom. The van der Waals surface area contributed by atoms with Crippen molar-refractivity contribution >= 4 is 5.82 Å². The molecule has 6 heteroatoms. The summed E-state index contributed by atoms with van der Waals surface area (Å²) in [6, 6.07) is 5.67. The van der Waals surface area contributed by atoms with Crippen molar-refractivity contribution in [1.82, 2.24) is 14.9 Å². The van der Waals surface area contributed by atoms with Gasteiger partial charge in [0, 0.05) is 49.8 Å². The highest BCUT2D eigenvalue weighted by Gasteiger charge is 2.27. The standard InChI is InChI=1S/C22H30N4O2/c1-15(2)21-23-18-14-25(13-16-7-6-8-19(28-3)20(16)27)12-9-17(18)22(24-21)26-10-4-5-11-26/h6-8,15,27H,4-5,9-14H2,1-3H3. The van der Waals surface area contributed by atoms with Gasteiger partial charge in [0.1, 0.15) is 11.6 Å². The van der Waals surface area contributed by atoms with Crippen molar-refractivity contribution in [3.63, 3.8) is 0 Å². The second kappa shape index (κ2) is 7.95. The number of hydrogen-bond acceptors (Lipinski definition) is 6. The minimum Gasteiger partial charge on any atom is -0.504 e. The number of rotatable bonds is 5. The van der Waals surface area contributed by atoms with Crippen molar-refractivity contribution in [1.29, 1.82) is 0 Å². The van der Waals surface area contributed by atoms with Crippen LogP contribution in [0.15, 0.2) is 18.2 Å². The minimum absolute atomic E-state index is 0.235. The molecule has 2 aliphatic rings. The van der Waals surface area contributed by atoms with Crippen LogP contribution >= 0.6 is 0 Å². The van der Waals surface area contributed by atoms with Crippen LogP contribution in [0.4, 0.5) is 5.82 Å². The van der Waals surface area contributed by atoms with E-state index in [0.717, 1.165) is 55.5 Å². The van der Waals surface area contributed by atoms with Gasteiger partial charge in [-0.25, -0.2) is 9.97 Å². The van der Waals surface area contributed by atoms with E-state index in [-0.39, 0.29) is 5.75 Å². The third-order valence-electron chi connectivity index (χ3n) is 5.76. The number of nitrogens with zero attached hydrogens (tertiary/aromatic N) is 4. The summed E-state index contributed by atoms with van der Waals surface area (Å²) in [5, 5.41) is 10.4. The lowest BCUT2D eigenvalue weighted by molar-refractivity contribution is 0.236. The molecule has 28 heavy (non-hydrogen) atoms. The second-order valence-electron chi connectivity index (χ2n) is 8.11. The molecule has 2 aliphatic heterocycles. The van der Waals surface area contributed by atoms with Crippen molar-refractivity contribution in [2.45, 2.75) is 52.1 Å². The van der Waals surface area contributed by atoms with Gasteiger partial charge in [-0.3, -0.25) is 4.90 Å². The molecule has 0 bridgehead atoms. The predicted octanol–water partition coefficient (Wildman–Crippen LogP) is 3.47. The van der Waals surface area contributed by atoms with Crippen LogP contribution in [0.1, 0.15) is 55.3 Å². The third-order valence-corrected chi connectivity index (χ3v) is 5.76. The Hall–Kier alpha value is -2.34. The summed E-state index contributed by atoms with van der Waals surface area (Å²) in [7, 11) is 1.58. The number of anilines is 1. The van der Waals surface area contributed by atoms with Crippen LogP contribution in [0, 0.1) is 0 Å². The molecular weight excluding hydrogens is 352 g/mol. The lowest BCUT2D eigenvalue weighted by Gasteiger charge is -2.32. The van der Waals surface area contributed by atoms with E-state index in [1.807, 2.05) is 12.1 Å². The summed E-state index contributed by atoms with van der Waals surface area (Å²) in [5.41, 5.74) is 3.35. The van der Waals surface area contributed by atoms with E-state index in [4.69, 9.17) is 14.7 Å². The molecule has 3 heterocycles. The SMILES string of the molecule is COc1cccc(CN2CCc3c(nc(C(C)C)nc3N3CCCC3)C2)c1O. The fourth-order valence-electron chi connectivity index (χ4n) is 4.17. The highest BCUT2D eigenvalue weighted by Crippen LogP contribution is 2.33. The Bertz CT molecular complexity index is 847. The number of benzene rings is 1. The largest absolute Gasteiger partial charge is 0.504 e. The number of ether oxygens (including phenoxy) is 1. The summed E-state index contributed by atoms with van der Waals surface area (Å²) in [5.74, 6) is 3.17. The average Bonchev–Trinajstić information content (AvgIpc) is 3.23. The van der Waals surface area contributed by atoms with Crippen LogP contribution in [-0.2, 0) is 19.5 Å². The maximum Gasteiger partial charge on any atom is 0.162 e. The first-order chi connectivity index (χ1) is 13.6. The molecule has 1 aromatic heterocycles. The number of methoxy groups -OCH3 is 1. The highest BCUT2D eigenvalue weighted by molar-refractivity contribution is 5.51. The molecule has 1 aromatic carbocycles. The molecule has 6 nitrogen and oxygen atoms in total. The Balaban J connectivity index is 1.61. The van der Waals surface area contributed by atoms with Crippen LogP contribution < -0.4 is 9.64 Å². The highest BCUT2D eigenvalue weighted by atomic mass is 16.5. The van der Waals surface area contributed by atoms with Gasteiger partial charge < -0.3 is 14.7 Å². The molecular formula is C22H30N4O2. The van der Waals surface area contributed by atoms with E-state index in [1.54, 1.807) is 13.2 Å². The Kier molecular flexibility index (Phi) is 5.40. The first-order valence-corrected chi connectivity index (χ1v) is 10.3. The summed E-state index contributed by atoms with van der Waals surface area (Å²) in [6.45, 7) is 8.92. The molecule has 0 spiro atoms. The van der Waals surface area contributed by atoms with E-state index >= 15 is 0 Å². The molecule has 0 saturated carbocycles. The zero-order chi connectivity index (χ0) is 19.7. The third kappa shape index (κ3) is 3.65. The van der Waals surface area contributed by atoms with Gasteiger partial charge in [-0.2, -0.15) is 0 Å². The van der Waals surface area contributed by atoms with Gasteiger partial charge in [0.25, 0.3) is 0 Å². The smallest absolute Gasteiger partial charge is 0.162 e. The maximum absolute atomic E-state index is 10.4. The van der Waals surface area contributed by atoms with E-state index in [0.29, 0.717) is 18.2 Å². The molecule has 1 fully saturated rings. The fourth-order valence-corrected chi connectivity index (χ4v) is 4.17. The Morgan fingerprint density at radius 3 is 2.64 bits per heavy atom. The molecule has 1 saturated heterocycles. The number of aromatic hydroxyl groups is 1. The van der Waals surface area contributed by atoms with Crippen molar-refractivity contribution < 1.29 is 9.84 Å². The molecule has 0 atom stereocenters. The van der Waals surface area contributed by atoms with Gasteiger partial charge in [0.15, 0.2) is 11.5 Å². The summed E-state index contributed by atoms with van der Waals surface area (Å²) >= 11 is 0. The zero-order valence-electron chi connectivity index (χ0n) is 17.1. The second-order valence-corrected chi connectivity index (χ2v) is 8.11. The quantitative estimate of drug-likeness (QED) is 0.854. The molecule has 0 amide bonds. The topological polar surface area (TPSA) is 61.7 Å². The lowest BCUT2D eigenvalue weighted by Crippen LogP contribution is -2.33. The van der Waals surface area contributed by atoms with Gasteiger partial charge in [-0.05, 0) is 25.3 Å². The predicted molar refractivity (Wildman–Crippen MR) is 110 cm³/mol. The van der Waals surface area contributed by atoms with E-state index < -0.39 is 0 Å².